The molecule has 2 N–H and O–H groups in total. The van der Waals surface area contributed by atoms with Gasteiger partial charge in [-0.25, -0.2) is 4.79 Å². The summed E-state index contributed by atoms with van der Waals surface area (Å²) in [6.45, 7) is 4.58. The number of carbonyl (C=O) groups excluding carboxylic acids is 1. The molecule has 4 heterocycles. The molecule has 1 aliphatic rings. The Morgan fingerprint density at radius 3 is 2.90 bits per heavy atom. The number of rotatable bonds is 4. The molecule has 0 spiro atoms. The number of anilines is 1. The Balaban J connectivity index is 1.62. The Bertz CT molecular complexity index is 1220. The molecule has 9 heteroatoms. The van der Waals surface area contributed by atoms with E-state index in [1.54, 1.807) is 11.4 Å². The fourth-order valence-corrected chi connectivity index (χ4v) is 5.10. The minimum absolute atomic E-state index is 0.305. The Kier molecular flexibility index (Phi) is 4.40. The van der Waals surface area contributed by atoms with Gasteiger partial charge in [-0.1, -0.05) is 30.3 Å². The Morgan fingerprint density at radius 2 is 2.10 bits per heavy atom. The number of ether oxygens (including phenoxy) is 1. The average Bonchev–Trinajstić information content (AvgIpc) is 3.34. The van der Waals surface area contributed by atoms with Crippen LogP contribution in [0.3, 0.4) is 0 Å². The van der Waals surface area contributed by atoms with Crippen LogP contribution in [0.5, 0.6) is 0 Å². The summed E-state index contributed by atoms with van der Waals surface area (Å²) in [7, 11) is 0. The second kappa shape index (κ2) is 7.09. The molecule has 0 unspecified atom stereocenters. The quantitative estimate of drug-likeness (QED) is 0.518. The van der Waals surface area contributed by atoms with Crippen molar-refractivity contribution in [2.24, 2.45) is 0 Å². The van der Waals surface area contributed by atoms with Crippen molar-refractivity contribution in [2.45, 2.75) is 26.4 Å². The minimum Gasteiger partial charge on any atom is -0.462 e. The molecule has 0 aliphatic carbocycles. The number of carbonyl (C=O) groups is 1. The van der Waals surface area contributed by atoms with E-state index in [2.05, 4.69) is 44.7 Å². The number of fused-ring (bicyclic) bond motifs is 6. The van der Waals surface area contributed by atoms with Crippen molar-refractivity contribution in [1.29, 1.82) is 0 Å². The van der Waals surface area contributed by atoms with Gasteiger partial charge in [0.2, 0.25) is 0 Å². The van der Waals surface area contributed by atoms with Crippen LogP contribution < -0.4 is 5.73 Å². The predicted molar refractivity (Wildman–Crippen MR) is 111 cm³/mol. The van der Waals surface area contributed by atoms with E-state index in [-0.39, 0.29) is 0 Å². The summed E-state index contributed by atoms with van der Waals surface area (Å²) in [5, 5.41) is 13.2. The number of hydrogen-bond acceptors (Lipinski definition) is 8. The Labute approximate surface area is 170 Å². The van der Waals surface area contributed by atoms with Crippen LogP contribution in [-0.2, 0) is 24.2 Å². The number of thiophene rings is 1. The zero-order chi connectivity index (χ0) is 20.0. The number of nitrogens with two attached hydrogens (primary N) is 1. The number of nitrogens with zero attached hydrogens (tertiary/aromatic N) is 5. The van der Waals surface area contributed by atoms with Gasteiger partial charge in [0.1, 0.15) is 9.71 Å². The van der Waals surface area contributed by atoms with Crippen molar-refractivity contribution in [3.8, 4) is 0 Å². The molecule has 1 aliphatic heterocycles. The summed E-state index contributed by atoms with van der Waals surface area (Å²) in [6.07, 6.45) is 0.825. The molecule has 5 rings (SSSR count). The van der Waals surface area contributed by atoms with Gasteiger partial charge in [0, 0.05) is 30.6 Å². The minimum atomic E-state index is -0.400. The first-order valence-electron chi connectivity index (χ1n) is 9.54. The SMILES string of the molecule is CCOC(=O)c1sc2c(c1N)c1c(c3nnnn32)CN(Cc2ccccc2)CC1. The largest absolute Gasteiger partial charge is 0.462 e. The number of pyridine rings is 1. The Hall–Kier alpha value is -3.04. The van der Waals surface area contributed by atoms with E-state index < -0.39 is 5.97 Å². The van der Waals surface area contributed by atoms with Gasteiger partial charge in [0.15, 0.2) is 5.65 Å². The maximum Gasteiger partial charge on any atom is 0.350 e. The molecular formula is C20H20N6O2S. The first-order valence-corrected chi connectivity index (χ1v) is 10.4. The van der Waals surface area contributed by atoms with Crippen LogP contribution in [0.1, 0.15) is 33.3 Å². The van der Waals surface area contributed by atoms with Crippen LogP contribution in [0, 0.1) is 0 Å². The summed E-state index contributed by atoms with van der Waals surface area (Å²) in [4.78, 5) is 16.0. The highest BCUT2D eigenvalue weighted by atomic mass is 32.1. The van der Waals surface area contributed by atoms with Gasteiger partial charge in [-0.2, -0.15) is 4.52 Å². The third-order valence-electron chi connectivity index (χ3n) is 5.29. The van der Waals surface area contributed by atoms with Crippen molar-refractivity contribution in [2.75, 3.05) is 18.9 Å². The molecule has 8 nitrogen and oxygen atoms in total. The first kappa shape index (κ1) is 18.0. The molecule has 3 aromatic heterocycles. The van der Waals surface area contributed by atoms with Crippen LogP contribution >= 0.6 is 11.3 Å². The Morgan fingerprint density at radius 1 is 1.28 bits per heavy atom. The molecule has 4 aromatic rings. The van der Waals surface area contributed by atoms with Crippen LogP contribution in [0.2, 0.25) is 0 Å². The van der Waals surface area contributed by atoms with Gasteiger partial charge in [-0.15, -0.1) is 16.4 Å². The fraction of sp³-hybridized carbons (Fsp3) is 0.300. The average molecular weight is 408 g/mol. The smallest absolute Gasteiger partial charge is 0.350 e. The van der Waals surface area contributed by atoms with Gasteiger partial charge in [-0.05, 0) is 34.9 Å². The molecule has 1 aromatic carbocycles. The topological polar surface area (TPSA) is 98.6 Å². The van der Waals surface area contributed by atoms with Crippen molar-refractivity contribution < 1.29 is 9.53 Å². The van der Waals surface area contributed by atoms with Crippen LogP contribution in [0.25, 0.3) is 15.9 Å². The van der Waals surface area contributed by atoms with E-state index >= 15 is 0 Å². The summed E-state index contributed by atoms with van der Waals surface area (Å²) in [6, 6.07) is 10.4. The highest BCUT2D eigenvalue weighted by Crippen LogP contribution is 2.40. The van der Waals surface area contributed by atoms with E-state index in [1.807, 2.05) is 6.07 Å². The lowest BCUT2D eigenvalue weighted by Gasteiger charge is -2.29. The van der Waals surface area contributed by atoms with Gasteiger partial charge in [-0.3, -0.25) is 4.90 Å². The van der Waals surface area contributed by atoms with Crippen LogP contribution in [0.4, 0.5) is 5.69 Å². The number of esters is 1. The lowest BCUT2D eigenvalue weighted by Crippen LogP contribution is -2.30. The molecule has 0 saturated heterocycles. The van der Waals surface area contributed by atoms with Crippen LogP contribution in [-0.4, -0.2) is 44.1 Å². The lowest BCUT2D eigenvalue weighted by molar-refractivity contribution is 0.0533. The standard InChI is InChI=1S/C20H20N6O2S/c1-2-28-20(27)17-16(21)15-13-8-9-25(10-12-6-4-3-5-7-12)11-14(13)18-22-23-24-26(18)19(15)29-17/h3-7H,2,8-11,21H2,1H3. The fourth-order valence-electron chi connectivity index (χ4n) is 4.01. The first-order chi connectivity index (χ1) is 14.2. The molecular weight excluding hydrogens is 388 g/mol. The highest BCUT2D eigenvalue weighted by molar-refractivity contribution is 7.21. The number of nitrogen functional groups attached to an aromatic ring is 1. The zero-order valence-electron chi connectivity index (χ0n) is 16.0. The van der Waals surface area contributed by atoms with Gasteiger partial charge in [0.05, 0.1) is 12.3 Å². The third-order valence-corrected chi connectivity index (χ3v) is 6.46. The zero-order valence-corrected chi connectivity index (χ0v) is 16.8. The molecule has 0 fully saturated rings. The predicted octanol–water partition coefficient (Wildman–Crippen LogP) is 2.66. The van der Waals surface area contributed by atoms with Gasteiger partial charge >= 0.3 is 5.97 Å². The number of tetrazole rings is 1. The molecule has 148 valence electrons. The maximum absolute atomic E-state index is 12.4. The van der Waals surface area contributed by atoms with Gasteiger partial charge < -0.3 is 10.5 Å². The lowest BCUT2D eigenvalue weighted by atomic mass is 9.97. The normalized spacial score (nSPS) is 14.4. The van der Waals surface area contributed by atoms with Crippen molar-refractivity contribution in [3.05, 3.63) is 51.9 Å². The highest BCUT2D eigenvalue weighted by Gasteiger charge is 2.29. The van der Waals surface area contributed by atoms with Crippen LogP contribution in [0.15, 0.2) is 30.3 Å². The molecule has 0 amide bonds. The van der Waals surface area contributed by atoms with E-state index in [1.165, 1.54) is 16.9 Å². The van der Waals surface area contributed by atoms with E-state index in [4.69, 9.17) is 10.5 Å². The second-order valence-corrected chi connectivity index (χ2v) is 8.06. The molecule has 0 saturated carbocycles. The number of benzene rings is 1. The summed E-state index contributed by atoms with van der Waals surface area (Å²) in [5.74, 6) is -0.400. The second-order valence-electron chi connectivity index (χ2n) is 7.06. The summed E-state index contributed by atoms with van der Waals surface area (Å²) in [5.41, 5.74) is 11.1. The maximum atomic E-state index is 12.4. The molecule has 0 bridgehead atoms. The third kappa shape index (κ3) is 2.93. The number of aromatic nitrogens is 4. The van der Waals surface area contributed by atoms with E-state index in [0.29, 0.717) is 17.2 Å². The van der Waals surface area contributed by atoms with Crippen molar-refractivity contribution >= 4 is 38.9 Å². The molecule has 0 radical (unpaired) electrons. The van der Waals surface area contributed by atoms with E-state index in [0.717, 1.165) is 53.0 Å². The van der Waals surface area contributed by atoms with E-state index in [9.17, 15) is 4.79 Å². The monoisotopic (exact) mass is 408 g/mol. The van der Waals surface area contributed by atoms with Crippen molar-refractivity contribution in [3.63, 3.8) is 0 Å². The van der Waals surface area contributed by atoms with Gasteiger partial charge in [0.25, 0.3) is 0 Å². The molecule has 0 atom stereocenters. The number of hydrogen-bond donors (Lipinski definition) is 1. The van der Waals surface area contributed by atoms with Crippen molar-refractivity contribution in [1.82, 2.24) is 24.9 Å². The summed E-state index contributed by atoms with van der Waals surface area (Å²) < 4.78 is 6.88. The molecule has 29 heavy (non-hydrogen) atoms. The summed E-state index contributed by atoms with van der Waals surface area (Å²) >= 11 is 1.29.